The highest BCUT2D eigenvalue weighted by molar-refractivity contribution is 7.15. The molecular formula is C16H18N4O5S. The molecule has 2 heterocycles. The van der Waals surface area contributed by atoms with Gasteiger partial charge in [0.1, 0.15) is 11.1 Å². The van der Waals surface area contributed by atoms with Crippen molar-refractivity contribution in [2.24, 2.45) is 0 Å². The summed E-state index contributed by atoms with van der Waals surface area (Å²) in [5.74, 6) is -0.00515. The van der Waals surface area contributed by atoms with Crippen molar-refractivity contribution in [2.75, 3.05) is 18.5 Å². The van der Waals surface area contributed by atoms with Crippen molar-refractivity contribution in [1.29, 1.82) is 0 Å². The van der Waals surface area contributed by atoms with Crippen molar-refractivity contribution in [3.63, 3.8) is 0 Å². The minimum absolute atomic E-state index is 0.0202. The first kappa shape index (κ1) is 18.2. The lowest BCUT2D eigenvalue weighted by molar-refractivity contribution is -0.385. The second kappa shape index (κ2) is 8.68. The normalized spacial score (nSPS) is 16.4. The number of ether oxygens (including phenoxy) is 2. The van der Waals surface area contributed by atoms with Gasteiger partial charge in [0, 0.05) is 19.1 Å². The van der Waals surface area contributed by atoms with E-state index < -0.39 is 4.92 Å². The third kappa shape index (κ3) is 4.73. The molecule has 1 aliphatic rings. The Labute approximate surface area is 153 Å². The van der Waals surface area contributed by atoms with E-state index in [2.05, 4.69) is 15.5 Å². The van der Waals surface area contributed by atoms with Gasteiger partial charge < -0.3 is 14.8 Å². The number of carbonyl (C=O) groups excluding carboxylic acids is 1. The number of rotatable bonds is 8. The quantitative estimate of drug-likeness (QED) is 0.426. The summed E-state index contributed by atoms with van der Waals surface area (Å²) in [6.07, 6.45) is 2.55. The molecule has 0 spiro atoms. The molecular weight excluding hydrogens is 360 g/mol. The van der Waals surface area contributed by atoms with Gasteiger partial charge in [-0.2, -0.15) is 0 Å². The summed E-state index contributed by atoms with van der Waals surface area (Å²) in [4.78, 5) is 22.4. The second-order valence-corrected chi connectivity index (χ2v) is 6.68. The van der Waals surface area contributed by atoms with Crippen LogP contribution in [0, 0.1) is 10.1 Å². The van der Waals surface area contributed by atoms with Gasteiger partial charge in [-0.1, -0.05) is 23.5 Å². The van der Waals surface area contributed by atoms with Gasteiger partial charge >= 0.3 is 5.69 Å². The van der Waals surface area contributed by atoms with E-state index >= 15 is 0 Å². The molecule has 1 atom stereocenters. The van der Waals surface area contributed by atoms with Crippen LogP contribution in [0.1, 0.15) is 36.8 Å². The summed E-state index contributed by atoms with van der Waals surface area (Å²) in [7, 11) is 0. The number of nitro benzene ring substituents is 1. The predicted octanol–water partition coefficient (Wildman–Crippen LogP) is 3.10. The van der Waals surface area contributed by atoms with E-state index in [0.29, 0.717) is 11.6 Å². The van der Waals surface area contributed by atoms with Crippen LogP contribution in [0.15, 0.2) is 24.3 Å². The topological polar surface area (TPSA) is 116 Å². The molecule has 10 heteroatoms. The van der Waals surface area contributed by atoms with Crippen molar-refractivity contribution in [3.05, 3.63) is 39.4 Å². The van der Waals surface area contributed by atoms with Gasteiger partial charge in [0.05, 0.1) is 11.5 Å². The van der Waals surface area contributed by atoms with Crippen LogP contribution >= 0.6 is 11.3 Å². The van der Waals surface area contributed by atoms with Crippen molar-refractivity contribution in [1.82, 2.24) is 10.2 Å². The van der Waals surface area contributed by atoms with Crippen molar-refractivity contribution < 1.29 is 19.2 Å². The maximum Gasteiger partial charge on any atom is 0.310 e. The molecule has 0 aliphatic carbocycles. The van der Waals surface area contributed by atoms with Crippen LogP contribution in [0.25, 0.3) is 0 Å². The van der Waals surface area contributed by atoms with Gasteiger partial charge in [-0.05, 0) is 25.3 Å². The number of hydrogen-bond acceptors (Lipinski definition) is 8. The van der Waals surface area contributed by atoms with Gasteiger partial charge in [0.15, 0.2) is 5.75 Å². The van der Waals surface area contributed by atoms with Crippen molar-refractivity contribution >= 4 is 28.1 Å². The van der Waals surface area contributed by atoms with Crippen LogP contribution in [0.3, 0.4) is 0 Å². The molecule has 1 saturated heterocycles. The first-order chi connectivity index (χ1) is 12.6. The average Bonchev–Trinajstić information content (AvgIpc) is 3.30. The maximum absolute atomic E-state index is 12.0. The van der Waals surface area contributed by atoms with Crippen molar-refractivity contribution in [2.45, 2.75) is 31.8 Å². The maximum atomic E-state index is 12.0. The lowest BCUT2D eigenvalue weighted by Gasteiger charge is -2.06. The molecule has 0 radical (unpaired) electrons. The first-order valence-electron chi connectivity index (χ1n) is 8.24. The highest BCUT2D eigenvalue weighted by atomic mass is 32.1. The smallest absolute Gasteiger partial charge is 0.310 e. The molecule has 3 rings (SSSR count). The fraction of sp³-hybridized carbons (Fsp3) is 0.438. The Morgan fingerprint density at radius 2 is 2.27 bits per heavy atom. The van der Waals surface area contributed by atoms with E-state index in [1.165, 1.54) is 23.5 Å². The van der Waals surface area contributed by atoms with E-state index in [0.717, 1.165) is 24.5 Å². The molecule has 1 aliphatic heterocycles. The minimum atomic E-state index is -0.497. The number of para-hydroxylation sites is 2. The van der Waals surface area contributed by atoms with E-state index in [1.54, 1.807) is 12.1 Å². The zero-order valence-corrected chi connectivity index (χ0v) is 14.7. The zero-order chi connectivity index (χ0) is 18.4. The number of benzene rings is 1. The van der Waals surface area contributed by atoms with E-state index in [4.69, 9.17) is 9.47 Å². The zero-order valence-electron chi connectivity index (χ0n) is 13.9. The molecule has 26 heavy (non-hydrogen) atoms. The Balaban J connectivity index is 1.41. The van der Waals surface area contributed by atoms with Gasteiger partial charge in [0.25, 0.3) is 0 Å². The molecule has 0 bridgehead atoms. The largest absolute Gasteiger partial charge is 0.487 e. The molecule has 138 valence electrons. The molecule has 1 fully saturated rings. The number of aromatic nitrogens is 2. The Hall–Kier alpha value is -2.59. The number of nitrogens with zero attached hydrogens (tertiary/aromatic N) is 3. The molecule has 9 nitrogen and oxygen atoms in total. The van der Waals surface area contributed by atoms with Crippen LogP contribution < -0.4 is 10.1 Å². The predicted molar refractivity (Wildman–Crippen MR) is 94.3 cm³/mol. The van der Waals surface area contributed by atoms with Crippen LogP contribution in [0.2, 0.25) is 0 Å². The molecule has 1 amide bonds. The highest BCUT2D eigenvalue weighted by Crippen LogP contribution is 2.32. The Kier molecular flexibility index (Phi) is 6.08. The third-order valence-electron chi connectivity index (χ3n) is 3.76. The standard InChI is InChI=1S/C16H18N4O5S/c21-14(17-16-19-18-15(26-16)13-7-3-9-25-13)8-4-10-24-12-6-2-1-5-11(12)20(22)23/h1-2,5-6,13H,3-4,7-10H2,(H,17,19,21). The van der Waals surface area contributed by atoms with Gasteiger partial charge in [-0.15, -0.1) is 10.2 Å². The number of nitrogens with one attached hydrogen (secondary N) is 1. The summed E-state index contributed by atoms with van der Waals surface area (Å²) >= 11 is 1.31. The molecule has 1 aromatic carbocycles. The van der Waals surface area contributed by atoms with Crippen molar-refractivity contribution in [3.8, 4) is 5.75 Å². The molecule has 2 aromatic rings. The number of nitro groups is 1. The van der Waals surface area contributed by atoms with E-state index in [1.807, 2.05) is 0 Å². The number of carbonyl (C=O) groups is 1. The molecule has 1 N–H and O–H groups in total. The van der Waals surface area contributed by atoms with Gasteiger partial charge in [-0.3, -0.25) is 14.9 Å². The van der Waals surface area contributed by atoms with Gasteiger partial charge in [0.2, 0.25) is 11.0 Å². The number of hydrogen-bond donors (Lipinski definition) is 1. The highest BCUT2D eigenvalue weighted by Gasteiger charge is 2.22. The third-order valence-corrected chi connectivity index (χ3v) is 4.69. The molecule has 1 unspecified atom stereocenters. The average molecular weight is 378 g/mol. The fourth-order valence-corrected chi connectivity index (χ4v) is 3.36. The number of amides is 1. The van der Waals surface area contributed by atoms with Crippen LogP contribution in [0.4, 0.5) is 10.8 Å². The Morgan fingerprint density at radius 1 is 1.42 bits per heavy atom. The minimum Gasteiger partial charge on any atom is -0.487 e. The molecule has 0 saturated carbocycles. The Bertz CT molecular complexity index is 776. The van der Waals surface area contributed by atoms with E-state index in [-0.39, 0.29) is 36.5 Å². The summed E-state index contributed by atoms with van der Waals surface area (Å²) in [5, 5.41) is 22.8. The SMILES string of the molecule is O=C(CCCOc1ccccc1[N+](=O)[O-])Nc1nnc(C2CCCO2)s1. The monoisotopic (exact) mass is 378 g/mol. The molecule has 1 aromatic heterocycles. The first-order valence-corrected chi connectivity index (χ1v) is 9.06. The summed E-state index contributed by atoms with van der Waals surface area (Å²) < 4.78 is 10.9. The summed E-state index contributed by atoms with van der Waals surface area (Å²) in [5.41, 5.74) is -0.0903. The van der Waals surface area contributed by atoms with Crippen LogP contribution in [0.5, 0.6) is 5.75 Å². The lowest BCUT2D eigenvalue weighted by atomic mass is 10.2. The van der Waals surface area contributed by atoms with Crippen LogP contribution in [-0.2, 0) is 9.53 Å². The summed E-state index contributed by atoms with van der Waals surface area (Å²) in [6.45, 7) is 0.932. The summed E-state index contributed by atoms with van der Waals surface area (Å²) in [6, 6.07) is 6.15. The fourth-order valence-electron chi connectivity index (χ4n) is 2.51. The second-order valence-electron chi connectivity index (χ2n) is 5.67. The Morgan fingerprint density at radius 3 is 3.04 bits per heavy atom. The number of anilines is 1. The lowest BCUT2D eigenvalue weighted by Crippen LogP contribution is -2.12. The van der Waals surface area contributed by atoms with Gasteiger partial charge in [-0.25, -0.2) is 0 Å². The van der Waals surface area contributed by atoms with E-state index in [9.17, 15) is 14.9 Å². The van der Waals surface area contributed by atoms with Crippen LogP contribution in [-0.4, -0.2) is 34.2 Å².